The SMILES string of the molecule is CCn1ncc(Cl)c1C(=O)Cc1cc(C)cc(C)c1. The normalized spacial score (nSPS) is 10.7. The molecule has 0 bridgehead atoms. The van der Waals surface area contributed by atoms with Crippen molar-refractivity contribution >= 4 is 17.4 Å². The lowest BCUT2D eigenvalue weighted by Crippen LogP contribution is -2.12. The predicted molar refractivity (Wildman–Crippen MR) is 76.9 cm³/mol. The lowest BCUT2D eigenvalue weighted by molar-refractivity contribution is 0.0983. The van der Waals surface area contributed by atoms with Gasteiger partial charge in [-0.15, -0.1) is 0 Å². The van der Waals surface area contributed by atoms with Gasteiger partial charge in [0.1, 0.15) is 5.69 Å². The zero-order valence-corrected chi connectivity index (χ0v) is 12.2. The molecule has 4 heteroatoms. The van der Waals surface area contributed by atoms with Gasteiger partial charge in [0.2, 0.25) is 0 Å². The van der Waals surface area contributed by atoms with Crippen LogP contribution in [-0.4, -0.2) is 15.6 Å². The van der Waals surface area contributed by atoms with Crippen molar-refractivity contribution in [3.8, 4) is 0 Å². The number of Topliss-reactive ketones (excluding diaryl/α,β-unsaturated/α-hetero) is 1. The fourth-order valence-corrected chi connectivity index (χ4v) is 2.57. The highest BCUT2D eigenvalue weighted by Crippen LogP contribution is 2.18. The molecule has 19 heavy (non-hydrogen) atoms. The van der Waals surface area contributed by atoms with Gasteiger partial charge in [-0.1, -0.05) is 40.9 Å². The van der Waals surface area contributed by atoms with Crippen LogP contribution >= 0.6 is 11.6 Å². The van der Waals surface area contributed by atoms with E-state index in [-0.39, 0.29) is 5.78 Å². The number of aromatic nitrogens is 2. The first-order valence-corrected chi connectivity index (χ1v) is 6.70. The summed E-state index contributed by atoms with van der Waals surface area (Å²) >= 11 is 6.04. The number of hydrogen-bond acceptors (Lipinski definition) is 2. The lowest BCUT2D eigenvalue weighted by Gasteiger charge is -2.07. The highest BCUT2D eigenvalue weighted by atomic mass is 35.5. The van der Waals surface area contributed by atoms with Gasteiger partial charge in [-0.05, 0) is 26.3 Å². The summed E-state index contributed by atoms with van der Waals surface area (Å²) < 4.78 is 1.65. The van der Waals surface area contributed by atoms with Crippen molar-refractivity contribution in [3.05, 3.63) is 51.8 Å². The summed E-state index contributed by atoms with van der Waals surface area (Å²) in [7, 11) is 0. The van der Waals surface area contributed by atoms with Crippen molar-refractivity contribution in [1.29, 1.82) is 0 Å². The quantitative estimate of drug-likeness (QED) is 0.800. The van der Waals surface area contributed by atoms with Crippen molar-refractivity contribution in [2.24, 2.45) is 0 Å². The molecular weight excluding hydrogens is 260 g/mol. The molecule has 0 aliphatic rings. The number of nitrogens with zero attached hydrogens (tertiary/aromatic N) is 2. The number of carbonyl (C=O) groups excluding carboxylic acids is 1. The fraction of sp³-hybridized carbons (Fsp3) is 0.333. The van der Waals surface area contributed by atoms with E-state index < -0.39 is 0 Å². The van der Waals surface area contributed by atoms with E-state index in [4.69, 9.17) is 11.6 Å². The molecule has 0 N–H and O–H groups in total. The lowest BCUT2D eigenvalue weighted by atomic mass is 10.0. The first-order chi connectivity index (χ1) is 9.01. The number of ketones is 1. The Balaban J connectivity index is 2.28. The molecule has 100 valence electrons. The van der Waals surface area contributed by atoms with Crippen LogP contribution in [0.3, 0.4) is 0 Å². The van der Waals surface area contributed by atoms with Crippen LogP contribution in [0.5, 0.6) is 0 Å². The largest absolute Gasteiger partial charge is 0.292 e. The molecule has 3 nitrogen and oxygen atoms in total. The standard InChI is InChI=1S/C15H17ClN2O/c1-4-18-15(13(16)9-17-18)14(19)8-12-6-10(2)5-11(3)7-12/h5-7,9H,4,8H2,1-3H3. The van der Waals surface area contributed by atoms with Gasteiger partial charge in [0.15, 0.2) is 5.78 Å². The Morgan fingerprint density at radius 2 is 1.89 bits per heavy atom. The molecule has 1 aromatic heterocycles. The van der Waals surface area contributed by atoms with Gasteiger partial charge in [0.05, 0.1) is 11.2 Å². The second kappa shape index (κ2) is 5.57. The van der Waals surface area contributed by atoms with Crippen molar-refractivity contribution in [3.63, 3.8) is 0 Å². The second-order valence-corrected chi connectivity index (χ2v) is 5.16. The van der Waals surface area contributed by atoms with Crippen molar-refractivity contribution in [1.82, 2.24) is 9.78 Å². The third-order valence-electron chi connectivity index (χ3n) is 3.00. The number of rotatable bonds is 4. The van der Waals surface area contributed by atoms with Crippen molar-refractivity contribution in [2.75, 3.05) is 0 Å². The molecule has 0 aliphatic heterocycles. The smallest absolute Gasteiger partial charge is 0.186 e. The van der Waals surface area contributed by atoms with E-state index in [0.717, 1.165) is 16.7 Å². The number of halogens is 1. The molecule has 1 aromatic carbocycles. The van der Waals surface area contributed by atoms with Crippen LogP contribution in [0.2, 0.25) is 5.02 Å². The molecular formula is C15H17ClN2O. The molecule has 0 saturated heterocycles. The first kappa shape index (κ1) is 13.8. The van der Waals surface area contributed by atoms with Crippen LogP contribution in [0.4, 0.5) is 0 Å². The Morgan fingerprint density at radius 1 is 1.26 bits per heavy atom. The van der Waals surface area contributed by atoms with Gasteiger partial charge in [0, 0.05) is 13.0 Å². The summed E-state index contributed by atoms with van der Waals surface area (Å²) in [5.74, 6) is 0.00866. The van der Waals surface area contributed by atoms with E-state index in [2.05, 4.69) is 11.2 Å². The summed E-state index contributed by atoms with van der Waals surface area (Å²) in [6, 6.07) is 6.16. The second-order valence-electron chi connectivity index (χ2n) is 4.75. The van der Waals surface area contributed by atoms with Crippen LogP contribution in [0, 0.1) is 13.8 Å². The molecule has 0 unspecified atom stereocenters. The topological polar surface area (TPSA) is 34.9 Å². The number of carbonyl (C=O) groups is 1. The molecule has 0 aliphatic carbocycles. The first-order valence-electron chi connectivity index (χ1n) is 6.33. The Kier molecular flexibility index (Phi) is 4.05. The number of benzene rings is 1. The third-order valence-corrected chi connectivity index (χ3v) is 3.28. The maximum absolute atomic E-state index is 12.4. The summed E-state index contributed by atoms with van der Waals surface area (Å²) in [6.07, 6.45) is 1.88. The molecule has 0 radical (unpaired) electrons. The van der Waals surface area contributed by atoms with E-state index in [1.54, 1.807) is 4.68 Å². The van der Waals surface area contributed by atoms with Crippen LogP contribution < -0.4 is 0 Å². The Bertz CT molecular complexity index is 596. The number of aryl methyl sites for hydroxylation is 3. The van der Waals surface area contributed by atoms with Crippen LogP contribution in [-0.2, 0) is 13.0 Å². The summed E-state index contributed by atoms with van der Waals surface area (Å²) in [5, 5.41) is 4.52. The molecule has 1 heterocycles. The van der Waals surface area contributed by atoms with Gasteiger partial charge >= 0.3 is 0 Å². The maximum Gasteiger partial charge on any atom is 0.186 e. The van der Waals surface area contributed by atoms with Gasteiger partial charge in [-0.2, -0.15) is 5.10 Å². The summed E-state index contributed by atoms with van der Waals surface area (Å²) in [5.41, 5.74) is 3.85. The molecule has 2 rings (SSSR count). The minimum Gasteiger partial charge on any atom is -0.292 e. The molecule has 0 saturated carbocycles. The van der Waals surface area contributed by atoms with Gasteiger partial charge in [0.25, 0.3) is 0 Å². The van der Waals surface area contributed by atoms with Crippen LogP contribution in [0.1, 0.15) is 34.1 Å². The van der Waals surface area contributed by atoms with Crippen molar-refractivity contribution < 1.29 is 4.79 Å². The molecule has 2 aromatic rings. The Labute approximate surface area is 118 Å². The van der Waals surface area contributed by atoms with E-state index in [1.807, 2.05) is 32.9 Å². The van der Waals surface area contributed by atoms with Crippen molar-refractivity contribution in [2.45, 2.75) is 33.7 Å². The average Bonchev–Trinajstić information content (AvgIpc) is 2.68. The summed E-state index contributed by atoms with van der Waals surface area (Å²) in [6.45, 7) is 6.64. The maximum atomic E-state index is 12.4. The minimum atomic E-state index is 0.00866. The van der Waals surface area contributed by atoms with Crippen LogP contribution in [0.25, 0.3) is 0 Å². The molecule has 0 fully saturated rings. The van der Waals surface area contributed by atoms with E-state index in [0.29, 0.717) is 23.7 Å². The average molecular weight is 277 g/mol. The Hall–Kier alpha value is -1.61. The van der Waals surface area contributed by atoms with Gasteiger partial charge in [-0.25, -0.2) is 0 Å². The fourth-order valence-electron chi connectivity index (χ4n) is 2.32. The minimum absolute atomic E-state index is 0.00866. The summed E-state index contributed by atoms with van der Waals surface area (Å²) in [4.78, 5) is 12.4. The zero-order chi connectivity index (χ0) is 14.0. The van der Waals surface area contributed by atoms with E-state index in [9.17, 15) is 4.79 Å². The predicted octanol–water partition coefficient (Wildman–Crippen LogP) is 3.60. The Morgan fingerprint density at radius 3 is 2.47 bits per heavy atom. The van der Waals surface area contributed by atoms with E-state index >= 15 is 0 Å². The monoisotopic (exact) mass is 276 g/mol. The number of hydrogen-bond donors (Lipinski definition) is 0. The molecule has 0 amide bonds. The highest BCUT2D eigenvalue weighted by molar-refractivity contribution is 6.33. The third kappa shape index (κ3) is 3.04. The molecule has 0 spiro atoms. The highest BCUT2D eigenvalue weighted by Gasteiger charge is 2.17. The van der Waals surface area contributed by atoms with E-state index in [1.165, 1.54) is 6.20 Å². The molecule has 0 atom stereocenters. The van der Waals surface area contributed by atoms with Gasteiger partial charge in [-0.3, -0.25) is 9.48 Å². The zero-order valence-electron chi connectivity index (χ0n) is 11.4. The van der Waals surface area contributed by atoms with Gasteiger partial charge < -0.3 is 0 Å². The van der Waals surface area contributed by atoms with Crippen LogP contribution in [0.15, 0.2) is 24.4 Å².